The van der Waals surface area contributed by atoms with Crippen molar-refractivity contribution < 1.29 is 4.79 Å². The Morgan fingerprint density at radius 2 is 2.05 bits per heavy atom. The van der Waals surface area contributed by atoms with Crippen molar-refractivity contribution in [1.29, 1.82) is 0 Å². The van der Waals surface area contributed by atoms with Gasteiger partial charge in [-0.05, 0) is 42.2 Å². The molecule has 19 heavy (non-hydrogen) atoms. The number of amides is 1. The van der Waals surface area contributed by atoms with Crippen LogP contribution in [-0.4, -0.2) is 12.5 Å². The normalized spacial score (nSPS) is 27.2. The second-order valence-electron chi connectivity index (χ2n) is 6.37. The van der Waals surface area contributed by atoms with Gasteiger partial charge in [0, 0.05) is 12.1 Å². The summed E-state index contributed by atoms with van der Waals surface area (Å²) >= 11 is 0. The average Bonchev–Trinajstić information content (AvgIpc) is 2.45. The third-order valence-corrected chi connectivity index (χ3v) is 5.07. The van der Waals surface area contributed by atoms with Crippen LogP contribution in [0.25, 0.3) is 0 Å². The van der Waals surface area contributed by atoms with Crippen LogP contribution in [0.3, 0.4) is 0 Å². The summed E-state index contributed by atoms with van der Waals surface area (Å²) in [6.45, 7) is 5.42. The van der Waals surface area contributed by atoms with E-state index in [0.717, 1.165) is 11.5 Å². The van der Waals surface area contributed by atoms with Crippen molar-refractivity contribution >= 4 is 5.91 Å². The van der Waals surface area contributed by atoms with Gasteiger partial charge in [0.1, 0.15) is 0 Å². The van der Waals surface area contributed by atoms with E-state index in [1.54, 1.807) is 0 Å². The Balaban J connectivity index is 1.62. The first-order valence-electron chi connectivity index (χ1n) is 7.11. The minimum Gasteiger partial charge on any atom is -0.348 e. The maximum Gasteiger partial charge on any atom is 0.251 e. The summed E-state index contributed by atoms with van der Waals surface area (Å²) < 4.78 is 0. The lowest BCUT2D eigenvalue weighted by Crippen LogP contribution is -2.49. The van der Waals surface area contributed by atoms with E-state index in [9.17, 15) is 4.79 Å². The van der Waals surface area contributed by atoms with Crippen LogP contribution in [-0.2, 0) is 0 Å². The molecule has 3 aliphatic rings. The predicted octanol–water partition coefficient (Wildman–Crippen LogP) is 3.41. The highest BCUT2D eigenvalue weighted by Gasteiger charge is 2.50. The summed E-state index contributed by atoms with van der Waals surface area (Å²) in [5.74, 6) is 1.55. The molecule has 2 nitrogen and oxygen atoms in total. The molecule has 0 saturated heterocycles. The number of carbonyl (C=O) groups excluding carboxylic acids is 1. The average molecular weight is 255 g/mol. The fourth-order valence-corrected chi connectivity index (χ4v) is 3.55. The summed E-state index contributed by atoms with van der Waals surface area (Å²) in [6.07, 6.45) is 4.83. The van der Waals surface area contributed by atoms with Crippen LogP contribution in [0.4, 0.5) is 0 Å². The molecule has 1 aromatic rings. The van der Waals surface area contributed by atoms with E-state index >= 15 is 0 Å². The van der Waals surface area contributed by atoms with Crippen LogP contribution in [0.1, 0.15) is 37.0 Å². The third kappa shape index (κ3) is 2.09. The molecule has 1 N–H and O–H groups in total. The van der Waals surface area contributed by atoms with Crippen LogP contribution < -0.4 is 5.32 Å². The zero-order chi connectivity index (χ0) is 13.5. The zero-order valence-corrected chi connectivity index (χ0v) is 11.6. The molecule has 2 atom stereocenters. The molecular weight excluding hydrogens is 234 g/mol. The molecule has 0 aliphatic heterocycles. The van der Waals surface area contributed by atoms with Crippen molar-refractivity contribution in [2.24, 2.45) is 17.3 Å². The first-order valence-corrected chi connectivity index (χ1v) is 7.11. The van der Waals surface area contributed by atoms with Crippen molar-refractivity contribution in [2.75, 3.05) is 6.54 Å². The minimum atomic E-state index is 0.0285. The highest BCUT2D eigenvalue weighted by Crippen LogP contribution is 2.58. The Morgan fingerprint density at radius 3 is 2.68 bits per heavy atom. The molecule has 4 rings (SSSR count). The van der Waals surface area contributed by atoms with E-state index in [1.165, 1.54) is 18.4 Å². The molecular formula is C17H21NO. The van der Waals surface area contributed by atoms with Crippen LogP contribution in [0.5, 0.6) is 0 Å². The summed E-state index contributed by atoms with van der Waals surface area (Å²) in [6, 6.07) is 9.43. The molecule has 1 fully saturated rings. The van der Waals surface area contributed by atoms with Gasteiger partial charge in [0.25, 0.3) is 5.91 Å². The Bertz CT molecular complexity index is 515. The Hall–Kier alpha value is -1.57. The largest absolute Gasteiger partial charge is 0.348 e. The van der Waals surface area contributed by atoms with E-state index in [-0.39, 0.29) is 5.91 Å². The quantitative estimate of drug-likeness (QED) is 0.824. The Morgan fingerprint density at radius 1 is 1.32 bits per heavy atom. The molecule has 0 spiro atoms. The highest BCUT2D eigenvalue weighted by atomic mass is 16.1. The standard InChI is InChI=1S/C17H21NO/c1-17(2)14-9-8-13(15(17)10-14)11-18-16(19)12-6-4-3-5-7-12/h3-8,14-15H,9-11H2,1-2H3,(H,18,19). The molecule has 1 amide bonds. The van der Waals surface area contributed by atoms with Gasteiger partial charge < -0.3 is 5.32 Å². The van der Waals surface area contributed by atoms with Crippen molar-refractivity contribution in [3.8, 4) is 0 Å². The molecule has 0 radical (unpaired) electrons. The van der Waals surface area contributed by atoms with Crippen LogP contribution in [0, 0.1) is 17.3 Å². The lowest BCUT2D eigenvalue weighted by atomic mass is 9.49. The van der Waals surface area contributed by atoms with E-state index in [0.29, 0.717) is 17.9 Å². The molecule has 100 valence electrons. The zero-order valence-electron chi connectivity index (χ0n) is 11.6. The number of fused-ring (bicyclic) bond motifs is 1. The number of hydrogen-bond acceptors (Lipinski definition) is 1. The number of rotatable bonds is 3. The number of hydrogen-bond donors (Lipinski definition) is 1. The summed E-state index contributed by atoms with van der Waals surface area (Å²) in [5.41, 5.74) is 2.60. The minimum absolute atomic E-state index is 0.0285. The number of carbonyl (C=O) groups is 1. The van der Waals surface area contributed by atoms with Gasteiger partial charge in [0.15, 0.2) is 0 Å². The lowest BCUT2D eigenvalue weighted by molar-refractivity contribution is -0.00729. The van der Waals surface area contributed by atoms with Gasteiger partial charge >= 0.3 is 0 Å². The first kappa shape index (κ1) is 12.5. The Kier molecular flexibility index (Phi) is 2.96. The molecule has 0 heterocycles. The van der Waals surface area contributed by atoms with E-state index in [1.807, 2.05) is 30.3 Å². The smallest absolute Gasteiger partial charge is 0.251 e. The molecule has 2 bridgehead atoms. The second kappa shape index (κ2) is 4.52. The molecule has 1 saturated carbocycles. The molecule has 1 aromatic carbocycles. The predicted molar refractivity (Wildman–Crippen MR) is 76.9 cm³/mol. The summed E-state index contributed by atoms with van der Waals surface area (Å²) in [7, 11) is 0. The fraction of sp³-hybridized carbons (Fsp3) is 0.471. The fourth-order valence-electron chi connectivity index (χ4n) is 3.55. The topological polar surface area (TPSA) is 29.1 Å². The molecule has 2 unspecified atom stereocenters. The number of allylic oxidation sites excluding steroid dienone is 1. The SMILES string of the molecule is CC1(C)C2CC=C(CNC(=O)c3ccccc3)C1C2. The first-order chi connectivity index (χ1) is 9.09. The van der Waals surface area contributed by atoms with Crippen molar-refractivity contribution in [2.45, 2.75) is 26.7 Å². The summed E-state index contributed by atoms with van der Waals surface area (Å²) in [4.78, 5) is 12.0. The van der Waals surface area contributed by atoms with Gasteiger partial charge in [-0.25, -0.2) is 0 Å². The van der Waals surface area contributed by atoms with Gasteiger partial charge in [-0.2, -0.15) is 0 Å². The number of benzene rings is 1. The molecule has 0 aromatic heterocycles. The van der Waals surface area contributed by atoms with E-state index in [2.05, 4.69) is 25.2 Å². The van der Waals surface area contributed by atoms with Gasteiger partial charge in [0.2, 0.25) is 0 Å². The maximum absolute atomic E-state index is 12.0. The van der Waals surface area contributed by atoms with Gasteiger partial charge in [-0.1, -0.05) is 43.7 Å². The second-order valence-corrected chi connectivity index (χ2v) is 6.37. The van der Waals surface area contributed by atoms with Gasteiger partial charge in [0.05, 0.1) is 0 Å². The van der Waals surface area contributed by atoms with E-state index in [4.69, 9.17) is 0 Å². The summed E-state index contributed by atoms with van der Waals surface area (Å²) in [5, 5.41) is 3.05. The Labute approximate surface area is 114 Å². The number of nitrogens with one attached hydrogen (secondary N) is 1. The van der Waals surface area contributed by atoms with Crippen molar-refractivity contribution in [3.63, 3.8) is 0 Å². The van der Waals surface area contributed by atoms with Crippen LogP contribution in [0.2, 0.25) is 0 Å². The third-order valence-electron chi connectivity index (χ3n) is 5.07. The van der Waals surface area contributed by atoms with E-state index < -0.39 is 0 Å². The monoisotopic (exact) mass is 255 g/mol. The lowest BCUT2D eigenvalue weighted by Gasteiger charge is -2.56. The molecule has 3 aliphatic carbocycles. The molecule has 2 heteroatoms. The van der Waals surface area contributed by atoms with Crippen molar-refractivity contribution in [3.05, 3.63) is 47.5 Å². The van der Waals surface area contributed by atoms with Gasteiger partial charge in [-0.15, -0.1) is 0 Å². The van der Waals surface area contributed by atoms with Crippen LogP contribution >= 0.6 is 0 Å². The maximum atomic E-state index is 12.0. The van der Waals surface area contributed by atoms with Crippen molar-refractivity contribution in [1.82, 2.24) is 5.32 Å². The van der Waals surface area contributed by atoms with Crippen LogP contribution in [0.15, 0.2) is 42.0 Å². The van der Waals surface area contributed by atoms with Gasteiger partial charge in [-0.3, -0.25) is 4.79 Å². The highest BCUT2D eigenvalue weighted by molar-refractivity contribution is 5.94.